The summed E-state index contributed by atoms with van der Waals surface area (Å²) in [7, 11) is -1.55. The number of hydrogen-bond donors (Lipinski definition) is 1. The number of ether oxygens (including phenoxy) is 2. The fourth-order valence-corrected chi connectivity index (χ4v) is 4.53. The molecule has 7 nitrogen and oxygen atoms in total. The van der Waals surface area contributed by atoms with Crippen LogP contribution in [0.1, 0.15) is 5.56 Å². The van der Waals surface area contributed by atoms with E-state index in [1.165, 1.54) is 56.7 Å². The van der Waals surface area contributed by atoms with E-state index < -0.39 is 34.2 Å². The molecule has 1 N–H and O–H groups in total. The van der Waals surface area contributed by atoms with Gasteiger partial charge >= 0.3 is 6.18 Å². The van der Waals surface area contributed by atoms with Gasteiger partial charge in [0.2, 0.25) is 5.91 Å². The van der Waals surface area contributed by atoms with Gasteiger partial charge in [-0.15, -0.1) is 0 Å². The number of carbonyl (C=O) groups is 1. The normalized spacial score (nSPS) is 11.6. The van der Waals surface area contributed by atoms with Gasteiger partial charge in [-0.1, -0.05) is 24.3 Å². The van der Waals surface area contributed by atoms with Crippen LogP contribution in [0.4, 0.5) is 24.5 Å². The SMILES string of the molecule is COc1ccc(NC(=O)CN(c2cccc(C(F)(F)F)c2)S(=O)(=O)c2ccccc2)c(OC)c1. The van der Waals surface area contributed by atoms with Gasteiger partial charge in [0, 0.05) is 6.07 Å². The number of sulfonamides is 1. The van der Waals surface area contributed by atoms with Crippen molar-refractivity contribution in [3.8, 4) is 11.5 Å². The first-order valence-corrected chi connectivity index (χ1v) is 11.3. The van der Waals surface area contributed by atoms with Crippen molar-refractivity contribution in [2.75, 3.05) is 30.4 Å². The van der Waals surface area contributed by atoms with E-state index in [1.54, 1.807) is 12.1 Å². The van der Waals surface area contributed by atoms with E-state index in [2.05, 4.69) is 5.32 Å². The monoisotopic (exact) mass is 494 g/mol. The van der Waals surface area contributed by atoms with Crippen molar-refractivity contribution in [2.24, 2.45) is 0 Å². The van der Waals surface area contributed by atoms with Gasteiger partial charge in [-0.3, -0.25) is 9.10 Å². The number of anilines is 2. The molecule has 0 aromatic heterocycles. The number of alkyl halides is 3. The number of amides is 1. The molecule has 180 valence electrons. The Morgan fingerprint density at radius 1 is 0.941 bits per heavy atom. The maximum Gasteiger partial charge on any atom is 0.416 e. The van der Waals surface area contributed by atoms with Gasteiger partial charge in [-0.2, -0.15) is 13.2 Å². The van der Waals surface area contributed by atoms with E-state index in [1.807, 2.05) is 0 Å². The molecule has 0 bridgehead atoms. The quantitative estimate of drug-likeness (QED) is 0.497. The molecule has 3 aromatic rings. The third kappa shape index (κ3) is 5.60. The number of halogens is 3. The van der Waals surface area contributed by atoms with Crippen LogP contribution in [0.25, 0.3) is 0 Å². The van der Waals surface area contributed by atoms with Crippen molar-refractivity contribution in [3.05, 3.63) is 78.4 Å². The summed E-state index contributed by atoms with van der Waals surface area (Å²) in [5, 5.41) is 2.53. The van der Waals surface area contributed by atoms with Gasteiger partial charge in [0.25, 0.3) is 10.0 Å². The number of rotatable bonds is 8. The highest BCUT2D eigenvalue weighted by molar-refractivity contribution is 7.92. The van der Waals surface area contributed by atoms with Crippen molar-refractivity contribution in [3.63, 3.8) is 0 Å². The zero-order chi connectivity index (χ0) is 24.9. The number of hydrogen-bond acceptors (Lipinski definition) is 5. The number of nitrogens with one attached hydrogen (secondary N) is 1. The molecule has 0 atom stereocenters. The molecule has 1 amide bonds. The maximum absolute atomic E-state index is 13.3. The van der Waals surface area contributed by atoms with E-state index in [0.717, 1.165) is 12.1 Å². The first-order valence-electron chi connectivity index (χ1n) is 9.83. The van der Waals surface area contributed by atoms with E-state index >= 15 is 0 Å². The molecular formula is C23H21F3N2O5S. The van der Waals surface area contributed by atoms with Crippen molar-refractivity contribution in [2.45, 2.75) is 11.1 Å². The van der Waals surface area contributed by atoms with Gasteiger partial charge in [0.15, 0.2) is 0 Å². The summed E-state index contributed by atoms with van der Waals surface area (Å²) >= 11 is 0. The van der Waals surface area contributed by atoms with Gasteiger partial charge in [0.1, 0.15) is 18.0 Å². The summed E-state index contributed by atoms with van der Waals surface area (Å²) < 4.78 is 77.4. The molecule has 3 aromatic carbocycles. The molecule has 0 fully saturated rings. The zero-order valence-corrected chi connectivity index (χ0v) is 19.0. The second-order valence-electron chi connectivity index (χ2n) is 6.99. The second kappa shape index (κ2) is 10.0. The third-order valence-electron chi connectivity index (χ3n) is 4.76. The molecule has 0 heterocycles. The number of benzene rings is 3. The van der Waals surface area contributed by atoms with E-state index in [4.69, 9.17) is 9.47 Å². The Bertz CT molecular complexity index is 1270. The minimum atomic E-state index is -4.70. The molecule has 0 saturated carbocycles. The lowest BCUT2D eigenvalue weighted by atomic mass is 10.2. The van der Waals surface area contributed by atoms with Crippen LogP contribution in [0.15, 0.2) is 77.7 Å². The summed E-state index contributed by atoms with van der Waals surface area (Å²) in [5.74, 6) is -0.0725. The van der Waals surface area contributed by atoms with Crippen molar-refractivity contribution >= 4 is 27.3 Å². The smallest absolute Gasteiger partial charge is 0.416 e. The minimum Gasteiger partial charge on any atom is -0.497 e. The lowest BCUT2D eigenvalue weighted by Crippen LogP contribution is -2.38. The predicted octanol–water partition coefficient (Wildman–Crippen LogP) is 4.56. The Labute approximate surface area is 194 Å². The molecular weight excluding hydrogens is 473 g/mol. The second-order valence-corrected chi connectivity index (χ2v) is 8.85. The van der Waals surface area contributed by atoms with E-state index in [0.29, 0.717) is 16.1 Å². The van der Waals surface area contributed by atoms with Crippen LogP contribution in [0.2, 0.25) is 0 Å². The Morgan fingerprint density at radius 3 is 2.26 bits per heavy atom. The topological polar surface area (TPSA) is 84.9 Å². The molecule has 0 radical (unpaired) electrons. The number of nitrogens with zero attached hydrogens (tertiary/aromatic N) is 1. The highest BCUT2D eigenvalue weighted by atomic mass is 32.2. The van der Waals surface area contributed by atoms with Crippen LogP contribution < -0.4 is 19.1 Å². The first-order chi connectivity index (χ1) is 16.1. The highest BCUT2D eigenvalue weighted by Crippen LogP contribution is 2.34. The largest absolute Gasteiger partial charge is 0.497 e. The van der Waals surface area contributed by atoms with Crippen molar-refractivity contribution < 1.29 is 35.9 Å². The molecule has 3 rings (SSSR count). The summed E-state index contributed by atoms with van der Waals surface area (Å²) in [4.78, 5) is 12.7. The Morgan fingerprint density at radius 2 is 1.65 bits per heavy atom. The zero-order valence-electron chi connectivity index (χ0n) is 18.2. The van der Waals surface area contributed by atoms with Crippen molar-refractivity contribution in [1.29, 1.82) is 0 Å². The van der Waals surface area contributed by atoms with E-state index in [-0.39, 0.29) is 22.0 Å². The molecule has 0 aliphatic heterocycles. The lowest BCUT2D eigenvalue weighted by molar-refractivity contribution is -0.137. The number of carbonyl (C=O) groups excluding carboxylic acids is 1. The van der Waals surface area contributed by atoms with Crippen LogP contribution in [0, 0.1) is 0 Å². The molecule has 0 saturated heterocycles. The van der Waals surface area contributed by atoms with Crippen LogP contribution in [-0.4, -0.2) is 35.1 Å². The molecule has 34 heavy (non-hydrogen) atoms. The van der Waals surface area contributed by atoms with Crippen LogP contribution in [0.5, 0.6) is 11.5 Å². The molecule has 0 unspecified atom stereocenters. The van der Waals surface area contributed by atoms with Crippen LogP contribution >= 0.6 is 0 Å². The fourth-order valence-electron chi connectivity index (χ4n) is 3.09. The first kappa shape index (κ1) is 24.9. The summed E-state index contributed by atoms with van der Waals surface area (Å²) in [5.41, 5.74) is -1.12. The van der Waals surface area contributed by atoms with Crippen LogP contribution in [0.3, 0.4) is 0 Å². The lowest BCUT2D eigenvalue weighted by Gasteiger charge is -2.25. The van der Waals surface area contributed by atoms with Crippen LogP contribution in [-0.2, 0) is 21.0 Å². The summed E-state index contributed by atoms with van der Waals surface area (Å²) in [6, 6.07) is 15.5. The van der Waals surface area contributed by atoms with Gasteiger partial charge in [-0.25, -0.2) is 8.42 Å². The van der Waals surface area contributed by atoms with Gasteiger partial charge < -0.3 is 14.8 Å². The highest BCUT2D eigenvalue weighted by Gasteiger charge is 2.33. The van der Waals surface area contributed by atoms with Crippen molar-refractivity contribution in [1.82, 2.24) is 0 Å². The minimum absolute atomic E-state index is 0.178. The summed E-state index contributed by atoms with van der Waals surface area (Å²) in [6.07, 6.45) is -4.70. The van der Waals surface area contributed by atoms with Gasteiger partial charge in [0.05, 0.1) is 36.1 Å². The summed E-state index contributed by atoms with van der Waals surface area (Å²) in [6.45, 7) is -0.784. The predicted molar refractivity (Wildman–Crippen MR) is 121 cm³/mol. The molecule has 11 heteroatoms. The average molecular weight is 494 g/mol. The third-order valence-corrected chi connectivity index (χ3v) is 6.55. The van der Waals surface area contributed by atoms with E-state index in [9.17, 15) is 26.4 Å². The van der Waals surface area contributed by atoms with Gasteiger partial charge in [-0.05, 0) is 42.5 Å². The molecule has 0 aliphatic rings. The standard InChI is InChI=1S/C23H21F3N2O5S/c1-32-18-11-12-20(21(14-18)33-2)27-22(29)15-28(34(30,31)19-9-4-3-5-10-19)17-8-6-7-16(13-17)23(24,25)26/h3-14H,15H2,1-2H3,(H,27,29). The Kier molecular flexibility index (Phi) is 7.35. The number of methoxy groups -OCH3 is 2. The Balaban J connectivity index is 1.99. The fraction of sp³-hybridized carbons (Fsp3) is 0.174. The Hall–Kier alpha value is -3.73. The maximum atomic E-state index is 13.3. The molecule has 0 aliphatic carbocycles. The molecule has 0 spiro atoms. The average Bonchev–Trinajstić information content (AvgIpc) is 2.82.